The maximum Gasteiger partial charge on any atom is 0.227 e. The monoisotopic (exact) mass is 291 g/mol. The number of carbonyl (C=O) groups excluding carboxylic acids is 2. The van der Waals surface area contributed by atoms with Gasteiger partial charge in [-0.05, 0) is 12.1 Å². The first-order chi connectivity index (χ1) is 10.1. The van der Waals surface area contributed by atoms with Crippen LogP contribution in [0.2, 0.25) is 0 Å². The largest absolute Gasteiger partial charge is 0.355 e. The Morgan fingerprint density at radius 3 is 2.81 bits per heavy atom. The molecule has 3 rings (SSSR count). The SMILES string of the molecule is O=C(NCC1CNC1)C1CC(=O)N(c2ccccc2F)C1. The van der Waals surface area contributed by atoms with Crippen molar-refractivity contribution in [3.05, 3.63) is 30.1 Å². The van der Waals surface area contributed by atoms with Crippen molar-refractivity contribution in [2.24, 2.45) is 11.8 Å². The van der Waals surface area contributed by atoms with Gasteiger partial charge in [-0.25, -0.2) is 4.39 Å². The van der Waals surface area contributed by atoms with Crippen LogP contribution in [0.25, 0.3) is 0 Å². The second kappa shape index (κ2) is 5.81. The molecule has 6 heteroatoms. The molecule has 5 nitrogen and oxygen atoms in total. The molecule has 0 saturated carbocycles. The first-order valence-electron chi connectivity index (χ1n) is 7.18. The van der Waals surface area contributed by atoms with Gasteiger partial charge in [0.15, 0.2) is 0 Å². The lowest BCUT2D eigenvalue weighted by Crippen LogP contribution is -2.49. The highest BCUT2D eigenvalue weighted by atomic mass is 19.1. The van der Waals surface area contributed by atoms with Crippen molar-refractivity contribution in [2.45, 2.75) is 6.42 Å². The molecule has 1 aromatic carbocycles. The molecule has 2 saturated heterocycles. The van der Waals surface area contributed by atoms with Crippen molar-refractivity contribution in [3.63, 3.8) is 0 Å². The molecule has 0 radical (unpaired) electrons. The number of carbonyl (C=O) groups is 2. The third-order valence-corrected chi connectivity index (χ3v) is 4.07. The summed E-state index contributed by atoms with van der Waals surface area (Å²) >= 11 is 0. The van der Waals surface area contributed by atoms with Gasteiger partial charge in [0.1, 0.15) is 5.82 Å². The van der Waals surface area contributed by atoms with Crippen LogP contribution in [0.1, 0.15) is 6.42 Å². The number of nitrogens with zero attached hydrogens (tertiary/aromatic N) is 1. The standard InChI is InChI=1S/C15H18FN3O2/c16-12-3-1-2-4-13(12)19-9-11(5-14(19)20)15(21)18-8-10-6-17-7-10/h1-4,10-11,17H,5-9H2,(H,18,21). The van der Waals surface area contributed by atoms with Crippen molar-refractivity contribution >= 4 is 17.5 Å². The number of nitrogens with one attached hydrogen (secondary N) is 2. The molecule has 1 aromatic rings. The molecule has 1 unspecified atom stereocenters. The number of hydrogen-bond donors (Lipinski definition) is 2. The fourth-order valence-corrected chi connectivity index (χ4v) is 2.67. The lowest BCUT2D eigenvalue weighted by atomic mass is 10.0. The van der Waals surface area contributed by atoms with Crippen LogP contribution in [0, 0.1) is 17.7 Å². The topological polar surface area (TPSA) is 61.4 Å². The van der Waals surface area contributed by atoms with Crippen molar-refractivity contribution in [2.75, 3.05) is 31.1 Å². The molecule has 0 spiro atoms. The number of rotatable bonds is 4. The molecule has 2 amide bonds. The number of hydrogen-bond acceptors (Lipinski definition) is 3. The molecular formula is C15H18FN3O2. The minimum Gasteiger partial charge on any atom is -0.355 e. The van der Waals surface area contributed by atoms with Crippen molar-refractivity contribution < 1.29 is 14.0 Å². The molecule has 2 aliphatic heterocycles. The summed E-state index contributed by atoms with van der Waals surface area (Å²) in [7, 11) is 0. The van der Waals surface area contributed by atoms with E-state index in [1.165, 1.54) is 11.0 Å². The molecule has 2 heterocycles. The highest BCUT2D eigenvalue weighted by Gasteiger charge is 2.36. The smallest absolute Gasteiger partial charge is 0.227 e. The summed E-state index contributed by atoms with van der Waals surface area (Å²) in [5.74, 6) is -0.675. The first-order valence-corrected chi connectivity index (χ1v) is 7.18. The van der Waals surface area contributed by atoms with E-state index in [1.807, 2.05) is 0 Å². The van der Waals surface area contributed by atoms with E-state index < -0.39 is 11.7 Å². The van der Waals surface area contributed by atoms with E-state index in [0.717, 1.165) is 13.1 Å². The Morgan fingerprint density at radius 2 is 2.14 bits per heavy atom. The number of benzene rings is 1. The van der Waals surface area contributed by atoms with E-state index in [2.05, 4.69) is 10.6 Å². The Balaban J connectivity index is 1.61. The van der Waals surface area contributed by atoms with Gasteiger partial charge in [-0.2, -0.15) is 0 Å². The fourth-order valence-electron chi connectivity index (χ4n) is 2.67. The third kappa shape index (κ3) is 2.90. The number of amides is 2. The highest BCUT2D eigenvalue weighted by Crippen LogP contribution is 2.27. The summed E-state index contributed by atoms with van der Waals surface area (Å²) in [6, 6.07) is 6.14. The molecule has 0 aromatic heterocycles. The van der Waals surface area contributed by atoms with Crippen LogP contribution in [0.4, 0.5) is 10.1 Å². The van der Waals surface area contributed by atoms with E-state index in [1.54, 1.807) is 18.2 Å². The summed E-state index contributed by atoms with van der Waals surface area (Å²) in [6.07, 6.45) is 0.142. The summed E-state index contributed by atoms with van der Waals surface area (Å²) in [5.41, 5.74) is 0.251. The van der Waals surface area contributed by atoms with Crippen LogP contribution in [0.5, 0.6) is 0 Å². The average Bonchev–Trinajstić information content (AvgIpc) is 2.79. The second-order valence-electron chi connectivity index (χ2n) is 5.63. The minimum absolute atomic E-state index is 0.117. The molecule has 21 heavy (non-hydrogen) atoms. The first kappa shape index (κ1) is 14.0. The van der Waals surface area contributed by atoms with Crippen molar-refractivity contribution in [1.29, 1.82) is 0 Å². The van der Waals surface area contributed by atoms with E-state index in [9.17, 15) is 14.0 Å². The van der Waals surface area contributed by atoms with Gasteiger partial charge in [-0.3, -0.25) is 9.59 Å². The van der Waals surface area contributed by atoms with Gasteiger partial charge in [0.05, 0.1) is 11.6 Å². The van der Waals surface area contributed by atoms with Crippen LogP contribution in [-0.2, 0) is 9.59 Å². The zero-order valence-electron chi connectivity index (χ0n) is 11.6. The van der Waals surface area contributed by atoms with Crippen LogP contribution in [-0.4, -0.2) is 38.0 Å². The average molecular weight is 291 g/mol. The van der Waals surface area contributed by atoms with Gasteiger partial charge in [0, 0.05) is 38.5 Å². The normalized spacial score (nSPS) is 22.2. The Bertz CT molecular complexity index is 560. The Morgan fingerprint density at radius 1 is 1.38 bits per heavy atom. The number of halogens is 1. The maximum absolute atomic E-state index is 13.7. The quantitative estimate of drug-likeness (QED) is 0.850. The molecule has 2 aliphatic rings. The Labute approximate surface area is 122 Å². The predicted octanol–water partition coefficient (Wildman–Crippen LogP) is 0.514. The lowest BCUT2D eigenvalue weighted by molar-refractivity contribution is -0.126. The summed E-state index contributed by atoms with van der Waals surface area (Å²) < 4.78 is 13.7. The van der Waals surface area contributed by atoms with E-state index in [4.69, 9.17) is 0 Å². The van der Waals surface area contributed by atoms with Crippen LogP contribution in [0.15, 0.2) is 24.3 Å². The number of anilines is 1. The van der Waals surface area contributed by atoms with Gasteiger partial charge in [0.25, 0.3) is 0 Å². The third-order valence-electron chi connectivity index (χ3n) is 4.07. The molecule has 0 bridgehead atoms. The zero-order valence-corrected chi connectivity index (χ0v) is 11.6. The Kier molecular flexibility index (Phi) is 3.88. The second-order valence-corrected chi connectivity index (χ2v) is 5.63. The molecule has 1 atom stereocenters. The van der Waals surface area contributed by atoms with Gasteiger partial charge in [-0.15, -0.1) is 0 Å². The fraction of sp³-hybridized carbons (Fsp3) is 0.467. The van der Waals surface area contributed by atoms with E-state index >= 15 is 0 Å². The lowest BCUT2D eigenvalue weighted by Gasteiger charge is -2.27. The van der Waals surface area contributed by atoms with E-state index in [0.29, 0.717) is 12.5 Å². The Hall–Kier alpha value is -1.95. The predicted molar refractivity (Wildman–Crippen MR) is 76.2 cm³/mol. The zero-order chi connectivity index (χ0) is 14.8. The number of para-hydroxylation sites is 1. The van der Waals surface area contributed by atoms with Gasteiger partial charge >= 0.3 is 0 Å². The minimum atomic E-state index is -0.438. The maximum atomic E-state index is 13.7. The van der Waals surface area contributed by atoms with E-state index in [-0.39, 0.29) is 30.5 Å². The summed E-state index contributed by atoms with van der Waals surface area (Å²) in [4.78, 5) is 25.5. The van der Waals surface area contributed by atoms with Crippen LogP contribution in [0.3, 0.4) is 0 Å². The molecule has 2 N–H and O–H groups in total. The van der Waals surface area contributed by atoms with Crippen LogP contribution >= 0.6 is 0 Å². The highest BCUT2D eigenvalue weighted by molar-refractivity contribution is 6.00. The molecule has 112 valence electrons. The molecular weight excluding hydrogens is 273 g/mol. The van der Waals surface area contributed by atoms with Crippen LogP contribution < -0.4 is 15.5 Å². The summed E-state index contributed by atoms with van der Waals surface area (Å²) in [5, 5.41) is 6.02. The molecule has 0 aliphatic carbocycles. The van der Waals surface area contributed by atoms with Gasteiger partial charge in [0.2, 0.25) is 11.8 Å². The van der Waals surface area contributed by atoms with Gasteiger partial charge < -0.3 is 15.5 Å². The molecule has 2 fully saturated rings. The van der Waals surface area contributed by atoms with Gasteiger partial charge in [-0.1, -0.05) is 12.1 Å². The summed E-state index contributed by atoms with van der Waals surface area (Å²) in [6.45, 7) is 2.72. The van der Waals surface area contributed by atoms with Crippen molar-refractivity contribution in [1.82, 2.24) is 10.6 Å². The van der Waals surface area contributed by atoms with Crippen molar-refractivity contribution in [3.8, 4) is 0 Å².